The number of piperazine rings is 1. The van der Waals surface area contributed by atoms with Crippen molar-refractivity contribution in [2.45, 2.75) is 6.42 Å². The first-order chi connectivity index (χ1) is 14.1. The molecule has 9 nitrogen and oxygen atoms in total. The Kier molecular flexibility index (Phi) is 6.83. The van der Waals surface area contributed by atoms with Crippen LogP contribution in [0.5, 0.6) is 11.5 Å². The fraction of sp³-hybridized carbons (Fsp3) is 0.400. The highest BCUT2D eigenvalue weighted by Crippen LogP contribution is 2.27. The number of anilines is 1. The van der Waals surface area contributed by atoms with E-state index >= 15 is 0 Å². The van der Waals surface area contributed by atoms with Gasteiger partial charge in [-0.2, -0.15) is 0 Å². The van der Waals surface area contributed by atoms with Crippen LogP contribution in [0.25, 0.3) is 0 Å². The van der Waals surface area contributed by atoms with Crippen molar-refractivity contribution in [3.63, 3.8) is 0 Å². The van der Waals surface area contributed by atoms with Crippen LogP contribution < -0.4 is 19.7 Å². The summed E-state index contributed by atoms with van der Waals surface area (Å²) >= 11 is 0. The zero-order valence-electron chi connectivity index (χ0n) is 16.6. The third-order valence-electron chi connectivity index (χ3n) is 4.74. The van der Waals surface area contributed by atoms with E-state index in [9.17, 15) is 9.59 Å². The van der Waals surface area contributed by atoms with E-state index < -0.39 is 11.8 Å². The van der Waals surface area contributed by atoms with Crippen molar-refractivity contribution in [3.8, 4) is 11.5 Å². The molecule has 3 rings (SSSR count). The molecular weight excluding hydrogens is 374 g/mol. The van der Waals surface area contributed by atoms with Crippen molar-refractivity contribution in [2.24, 2.45) is 0 Å². The first-order valence-electron chi connectivity index (χ1n) is 9.42. The van der Waals surface area contributed by atoms with Gasteiger partial charge >= 0.3 is 11.8 Å². The summed E-state index contributed by atoms with van der Waals surface area (Å²) in [6.45, 7) is 2.46. The maximum absolute atomic E-state index is 12.4. The van der Waals surface area contributed by atoms with Gasteiger partial charge in [0.05, 0.1) is 14.2 Å². The number of hydrogen-bond donors (Lipinski definition) is 1. The molecule has 0 radical (unpaired) electrons. The third-order valence-corrected chi connectivity index (χ3v) is 4.74. The predicted molar refractivity (Wildman–Crippen MR) is 107 cm³/mol. The van der Waals surface area contributed by atoms with Gasteiger partial charge in [-0.25, -0.2) is 9.97 Å². The minimum absolute atomic E-state index is 0.359. The predicted octanol–water partition coefficient (Wildman–Crippen LogP) is 0.501. The zero-order chi connectivity index (χ0) is 20.6. The number of benzene rings is 1. The molecule has 1 aliphatic rings. The van der Waals surface area contributed by atoms with E-state index in [1.165, 1.54) is 0 Å². The normalized spacial score (nSPS) is 13.7. The highest BCUT2D eigenvalue weighted by Gasteiger charge is 2.26. The monoisotopic (exact) mass is 399 g/mol. The first kappa shape index (κ1) is 20.4. The second-order valence-corrected chi connectivity index (χ2v) is 6.52. The van der Waals surface area contributed by atoms with Crippen molar-refractivity contribution < 1.29 is 19.1 Å². The Balaban J connectivity index is 1.45. The van der Waals surface area contributed by atoms with Crippen molar-refractivity contribution in [1.82, 2.24) is 20.2 Å². The lowest BCUT2D eigenvalue weighted by Crippen LogP contribution is -2.53. The second kappa shape index (κ2) is 9.72. The van der Waals surface area contributed by atoms with Crippen molar-refractivity contribution in [3.05, 3.63) is 42.2 Å². The molecule has 0 unspecified atom stereocenters. The molecule has 0 aliphatic carbocycles. The Labute approximate surface area is 169 Å². The van der Waals surface area contributed by atoms with Crippen LogP contribution in [0.1, 0.15) is 5.56 Å². The van der Waals surface area contributed by atoms with Gasteiger partial charge in [-0.05, 0) is 30.2 Å². The van der Waals surface area contributed by atoms with Crippen molar-refractivity contribution in [1.29, 1.82) is 0 Å². The largest absolute Gasteiger partial charge is 0.493 e. The van der Waals surface area contributed by atoms with Crippen LogP contribution in [0, 0.1) is 0 Å². The van der Waals surface area contributed by atoms with Crippen molar-refractivity contribution >= 4 is 17.8 Å². The molecule has 1 saturated heterocycles. The molecule has 1 aromatic heterocycles. The van der Waals surface area contributed by atoms with E-state index in [1.807, 2.05) is 23.1 Å². The van der Waals surface area contributed by atoms with Gasteiger partial charge in [-0.1, -0.05) is 6.07 Å². The summed E-state index contributed by atoms with van der Waals surface area (Å²) in [4.78, 5) is 36.6. The highest BCUT2D eigenvalue weighted by atomic mass is 16.5. The molecule has 9 heteroatoms. The summed E-state index contributed by atoms with van der Waals surface area (Å²) in [6.07, 6.45) is 3.95. The molecule has 154 valence electrons. The van der Waals surface area contributed by atoms with Crippen LogP contribution in [0.2, 0.25) is 0 Å². The summed E-state index contributed by atoms with van der Waals surface area (Å²) < 4.78 is 10.5. The molecule has 2 amide bonds. The minimum atomic E-state index is -0.588. The molecule has 1 fully saturated rings. The SMILES string of the molecule is COc1ccc(CCNC(=O)C(=O)N2CCN(c3ncccn3)CC2)cc1OC. The topological polar surface area (TPSA) is 96.9 Å². The average molecular weight is 399 g/mol. The van der Waals surface area contributed by atoms with Crippen LogP contribution in [0.4, 0.5) is 5.95 Å². The number of nitrogens with zero attached hydrogens (tertiary/aromatic N) is 4. The molecule has 0 atom stereocenters. The third kappa shape index (κ3) is 5.13. The van der Waals surface area contributed by atoms with Crippen LogP contribution in [-0.4, -0.2) is 73.6 Å². The summed E-state index contributed by atoms with van der Waals surface area (Å²) in [5, 5.41) is 2.70. The fourth-order valence-corrected chi connectivity index (χ4v) is 3.14. The standard InChI is InChI=1S/C20H25N5O4/c1-28-16-5-4-15(14-17(16)29-2)6-9-21-18(26)19(27)24-10-12-25(13-11-24)20-22-7-3-8-23-20/h3-5,7-8,14H,6,9-13H2,1-2H3,(H,21,26). The molecule has 0 bridgehead atoms. The average Bonchev–Trinajstić information content (AvgIpc) is 2.79. The smallest absolute Gasteiger partial charge is 0.312 e. The van der Waals surface area contributed by atoms with Gasteiger partial charge < -0.3 is 24.6 Å². The van der Waals surface area contributed by atoms with Crippen LogP contribution in [0.3, 0.4) is 0 Å². The molecule has 0 saturated carbocycles. The van der Waals surface area contributed by atoms with Crippen LogP contribution >= 0.6 is 0 Å². The van der Waals surface area contributed by atoms with E-state index in [0.29, 0.717) is 56.6 Å². The van der Waals surface area contributed by atoms with Gasteiger partial charge in [0.25, 0.3) is 0 Å². The Morgan fingerprint density at radius 2 is 1.72 bits per heavy atom. The van der Waals surface area contributed by atoms with Crippen LogP contribution in [0.15, 0.2) is 36.7 Å². The summed E-state index contributed by atoms with van der Waals surface area (Å²) in [7, 11) is 3.15. The molecule has 1 aliphatic heterocycles. The highest BCUT2D eigenvalue weighted by molar-refractivity contribution is 6.35. The molecule has 2 heterocycles. The lowest BCUT2D eigenvalue weighted by atomic mass is 10.1. The quantitative estimate of drug-likeness (QED) is 0.707. The number of aromatic nitrogens is 2. The number of methoxy groups -OCH3 is 2. The molecule has 1 N–H and O–H groups in total. The molecular formula is C20H25N5O4. The minimum Gasteiger partial charge on any atom is -0.493 e. The number of nitrogens with one attached hydrogen (secondary N) is 1. The molecule has 29 heavy (non-hydrogen) atoms. The van der Waals surface area contributed by atoms with E-state index in [4.69, 9.17) is 9.47 Å². The lowest BCUT2D eigenvalue weighted by molar-refractivity contribution is -0.146. The van der Waals surface area contributed by atoms with Gasteiger partial charge in [0.2, 0.25) is 5.95 Å². The summed E-state index contributed by atoms with van der Waals surface area (Å²) in [5.41, 5.74) is 0.979. The van der Waals surface area contributed by atoms with Gasteiger partial charge in [0, 0.05) is 45.1 Å². The Bertz CT molecular complexity index is 838. The Morgan fingerprint density at radius 1 is 1.03 bits per heavy atom. The van der Waals surface area contributed by atoms with E-state index in [0.717, 1.165) is 5.56 Å². The maximum atomic E-state index is 12.4. The van der Waals surface area contributed by atoms with Gasteiger partial charge in [-0.3, -0.25) is 9.59 Å². The molecule has 1 aromatic carbocycles. The molecule has 2 aromatic rings. The lowest BCUT2D eigenvalue weighted by Gasteiger charge is -2.34. The van der Waals surface area contributed by atoms with E-state index in [1.54, 1.807) is 37.6 Å². The van der Waals surface area contributed by atoms with E-state index in [-0.39, 0.29) is 0 Å². The molecule has 0 spiro atoms. The van der Waals surface area contributed by atoms with Gasteiger partial charge in [0.1, 0.15) is 0 Å². The Morgan fingerprint density at radius 3 is 2.38 bits per heavy atom. The number of ether oxygens (including phenoxy) is 2. The summed E-state index contributed by atoms with van der Waals surface area (Å²) in [5.74, 6) is 0.822. The number of rotatable bonds is 6. The number of carbonyl (C=O) groups is 2. The second-order valence-electron chi connectivity index (χ2n) is 6.52. The van der Waals surface area contributed by atoms with Gasteiger partial charge in [0.15, 0.2) is 11.5 Å². The van der Waals surface area contributed by atoms with E-state index in [2.05, 4.69) is 15.3 Å². The number of amides is 2. The zero-order valence-corrected chi connectivity index (χ0v) is 16.6. The first-order valence-corrected chi connectivity index (χ1v) is 9.42. The number of hydrogen-bond acceptors (Lipinski definition) is 7. The van der Waals surface area contributed by atoms with Crippen molar-refractivity contribution in [2.75, 3.05) is 51.8 Å². The number of carbonyl (C=O) groups excluding carboxylic acids is 2. The maximum Gasteiger partial charge on any atom is 0.312 e. The Hall–Kier alpha value is -3.36. The fourth-order valence-electron chi connectivity index (χ4n) is 3.14. The van der Waals surface area contributed by atoms with Gasteiger partial charge in [-0.15, -0.1) is 0 Å². The van der Waals surface area contributed by atoms with Crippen LogP contribution in [-0.2, 0) is 16.0 Å². The summed E-state index contributed by atoms with van der Waals surface area (Å²) in [6, 6.07) is 7.34.